The first kappa shape index (κ1) is 18.7. The van der Waals surface area contributed by atoms with Crippen LogP contribution in [0.15, 0.2) is 54.1 Å². The Labute approximate surface area is 163 Å². The van der Waals surface area contributed by atoms with Gasteiger partial charge in [-0.05, 0) is 29.8 Å². The van der Waals surface area contributed by atoms with Gasteiger partial charge in [-0.1, -0.05) is 30.3 Å². The van der Waals surface area contributed by atoms with Crippen LogP contribution in [0.4, 0.5) is 4.39 Å². The summed E-state index contributed by atoms with van der Waals surface area (Å²) in [5.74, 6) is 0.378. The van der Waals surface area contributed by atoms with Crippen molar-refractivity contribution in [1.82, 2.24) is 10.2 Å². The third-order valence-electron chi connectivity index (χ3n) is 5.12. The first-order valence-corrected chi connectivity index (χ1v) is 9.48. The molecule has 0 bridgehead atoms. The predicted octanol–water partition coefficient (Wildman–Crippen LogP) is 2.79. The second-order valence-electron chi connectivity index (χ2n) is 6.92. The van der Waals surface area contributed by atoms with Gasteiger partial charge in [-0.25, -0.2) is 4.39 Å². The Hall–Kier alpha value is -2.70. The number of para-hydroxylation sites is 1. The van der Waals surface area contributed by atoms with Gasteiger partial charge in [0.05, 0.1) is 24.8 Å². The average Bonchev–Trinajstić information content (AvgIpc) is 2.75. The smallest absolute Gasteiger partial charge is 0.250 e. The van der Waals surface area contributed by atoms with Crippen molar-refractivity contribution in [3.8, 4) is 5.75 Å². The zero-order valence-corrected chi connectivity index (χ0v) is 15.6. The summed E-state index contributed by atoms with van der Waals surface area (Å²) in [5.41, 5.74) is 2.48. The number of morpholine rings is 1. The van der Waals surface area contributed by atoms with Crippen molar-refractivity contribution in [3.05, 3.63) is 71.0 Å². The van der Waals surface area contributed by atoms with E-state index in [1.807, 2.05) is 30.3 Å². The minimum atomic E-state index is -0.267. The maximum atomic E-state index is 13.3. The van der Waals surface area contributed by atoms with Crippen LogP contribution < -0.4 is 10.1 Å². The van der Waals surface area contributed by atoms with Crippen molar-refractivity contribution < 1.29 is 18.7 Å². The molecule has 0 aliphatic carbocycles. The average molecular weight is 382 g/mol. The number of hydrogen-bond acceptors (Lipinski definition) is 4. The molecule has 1 fully saturated rings. The Bertz CT molecular complexity index is 860. The highest BCUT2D eigenvalue weighted by molar-refractivity contribution is 5.99. The molecule has 2 aromatic rings. The van der Waals surface area contributed by atoms with E-state index in [1.54, 1.807) is 12.1 Å². The maximum Gasteiger partial charge on any atom is 0.250 e. The van der Waals surface area contributed by atoms with Crippen LogP contribution >= 0.6 is 0 Å². The molecule has 1 N–H and O–H groups in total. The molecule has 2 aliphatic heterocycles. The molecule has 2 aliphatic rings. The van der Waals surface area contributed by atoms with Gasteiger partial charge < -0.3 is 14.8 Å². The van der Waals surface area contributed by atoms with Crippen molar-refractivity contribution in [2.75, 3.05) is 39.5 Å². The molecule has 1 saturated heterocycles. The standard InChI is InChI=1S/C22H23FN2O3/c23-19-7-5-16(6-8-19)20(25-9-11-27-12-10-25)14-24-22(26)18-13-17-3-1-2-4-21(17)28-15-18/h1-8,13,20H,9-12,14-15H2,(H,24,26)/t20-/m0/s1. The van der Waals surface area contributed by atoms with Crippen LogP contribution in [-0.4, -0.2) is 50.3 Å². The van der Waals surface area contributed by atoms with Crippen LogP contribution in [-0.2, 0) is 9.53 Å². The number of nitrogens with zero attached hydrogens (tertiary/aromatic N) is 1. The Morgan fingerprint density at radius 1 is 1.11 bits per heavy atom. The highest BCUT2D eigenvalue weighted by Crippen LogP contribution is 2.26. The van der Waals surface area contributed by atoms with Gasteiger partial charge in [-0.3, -0.25) is 9.69 Å². The zero-order valence-electron chi connectivity index (χ0n) is 15.6. The molecular weight excluding hydrogens is 359 g/mol. The molecule has 0 aromatic heterocycles. The SMILES string of the molecule is O=C(NC[C@@H](c1ccc(F)cc1)N1CCOCC1)C1=Cc2ccccc2OC1. The Kier molecular flexibility index (Phi) is 5.69. The molecule has 6 heteroatoms. The second kappa shape index (κ2) is 8.54. The Balaban J connectivity index is 1.47. The number of benzene rings is 2. The van der Waals surface area contributed by atoms with E-state index in [0.29, 0.717) is 25.3 Å². The van der Waals surface area contributed by atoms with Crippen molar-refractivity contribution in [3.63, 3.8) is 0 Å². The molecule has 0 radical (unpaired) electrons. The lowest BCUT2D eigenvalue weighted by Crippen LogP contribution is -2.44. The zero-order chi connectivity index (χ0) is 19.3. The highest BCUT2D eigenvalue weighted by Gasteiger charge is 2.24. The first-order chi connectivity index (χ1) is 13.7. The van der Waals surface area contributed by atoms with E-state index >= 15 is 0 Å². The Morgan fingerprint density at radius 3 is 2.64 bits per heavy atom. The van der Waals surface area contributed by atoms with Crippen molar-refractivity contribution in [2.45, 2.75) is 6.04 Å². The van der Waals surface area contributed by atoms with Crippen LogP contribution in [0.3, 0.4) is 0 Å². The molecule has 4 rings (SSSR count). The van der Waals surface area contributed by atoms with Gasteiger partial charge in [0.2, 0.25) is 0 Å². The van der Waals surface area contributed by atoms with Gasteiger partial charge in [0.25, 0.3) is 5.91 Å². The number of rotatable bonds is 5. The molecule has 2 aromatic carbocycles. The lowest BCUT2D eigenvalue weighted by molar-refractivity contribution is -0.118. The molecule has 146 valence electrons. The minimum absolute atomic E-state index is 0.0363. The van der Waals surface area contributed by atoms with E-state index in [-0.39, 0.29) is 24.4 Å². The summed E-state index contributed by atoms with van der Waals surface area (Å²) in [4.78, 5) is 15.0. The summed E-state index contributed by atoms with van der Waals surface area (Å²) >= 11 is 0. The van der Waals surface area contributed by atoms with Crippen LogP contribution in [0.2, 0.25) is 0 Å². The maximum absolute atomic E-state index is 13.3. The fourth-order valence-electron chi connectivity index (χ4n) is 3.58. The molecular formula is C22H23FN2O3. The summed E-state index contributed by atoms with van der Waals surface area (Å²) < 4.78 is 24.5. The third kappa shape index (κ3) is 4.24. The van der Waals surface area contributed by atoms with Crippen LogP contribution in [0, 0.1) is 5.82 Å². The van der Waals surface area contributed by atoms with Gasteiger partial charge in [0.15, 0.2) is 0 Å². The van der Waals surface area contributed by atoms with E-state index < -0.39 is 0 Å². The molecule has 1 atom stereocenters. The summed E-state index contributed by atoms with van der Waals surface area (Å²) in [7, 11) is 0. The predicted molar refractivity (Wildman–Crippen MR) is 104 cm³/mol. The summed E-state index contributed by atoms with van der Waals surface area (Å²) in [6.07, 6.45) is 1.87. The monoisotopic (exact) mass is 382 g/mol. The lowest BCUT2D eigenvalue weighted by Gasteiger charge is -2.35. The number of ether oxygens (including phenoxy) is 2. The fourth-order valence-corrected chi connectivity index (χ4v) is 3.58. The normalized spacial score (nSPS) is 17.8. The van der Waals surface area contributed by atoms with E-state index in [1.165, 1.54) is 12.1 Å². The molecule has 1 amide bonds. The van der Waals surface area contributed by atoms with Gasteiger partial charge in [-0.15, -0.1) is 0 Å². The van der Waals surface area contributed by atoms with Gasteiger partial charge >= 0.3 is 0 Å². The van der Waals surface area contributed by atoms with Crippen molar-refractivity contribution >= 4 is 12.0 Å². The summed E-state index contributed by atoms with van der Waals surface area (Å²) in [6.45, 7) is 3.54. The number of amides is 1. The number of carbonyl (C=O) groups is 1. The first-order valence-electron chi connectivity index (χ1n) is 9.48. The van der Waals surface area contributed by atoms with Crippen molar-refractivity contribution in [1.29, 1.82) is 0 Å². The van der Waals surface area contributed by atoms with Gasteiger partial charge in [-0.2, -0.15) is 0 Å². The number of hydrogen-bond donors (Lipinski definition) is 1. The summed E-state index contributed by atoms with van der Waals surface area (Å²) in [5, 5.41) is 3.03. The number of carbonyl (C=O) groups excluding carboxylic acids is 1. The largest absolute Gasteiger partial charge is 0.488 e. The highest BCUT2D eigenvalue weighted by atomic mass is 19.1. The van der Waals surface area contributed by atoms with E-state index in [9.17, 15) is 9.18 Å². The van der Waals surface area contributed by atoms with E-state index in [2.05, 4.69) is 10.2 Å². The fraction of sp³-hybridized carbons (Fsp3) is 0.318. The molecule has 0 spiro atoms. The molecule has 0 unspecified atom stereocenters. The number of fused-ring (bicyclic) bond motifs is 1. The number of nitrogens with one attached hydrogen (secondary N) is 1. The van der Waals surface area contributed by atoms with Crippen LogP contribution in [0.1, 0.15) is 17.2 Å². The summed E-state index contributed by atoms with van der Waals surface area (Å²) in [6, 6.07) is 14.1. The minimum Gasteiger partial charge on any atom is -0.488 e. The molecule has 2 heterocycles. The quantitative estimate of drug-likeness (QED) is 0.864. The molecule has 28 heavy (non-hydrogen) atoms. The number of halogens is 1. The second-order valence-corrected chi connectivity index (χ2v) is 6.92. The van der Waals surface area contributed by atoms with Crippen LogP contribution in [0.5, 0.6) is 5.75 Å². The molecule has 5 nitrogen and oxygen atoms in total. The van der Waals surface area contributed by atoms with Crippen LogP contribution in [0.25, 0.3) is 6.08 Å². The Morgan fingerprint density at radius 2 is 1.86 bits per heavy atom. The van der Waals surface area contributed by atoms with Crippen molar-refractivity contribution in [2.24, 2.45) is 0 Å². The lowest BCUT2D eigenvalue weighted by atomic mass is 10.0. The topological polar surface area (TPSA) is 50.8 Å². The third-order valence-corrected chi connectivity index (χ3v) is 5.12. The van der Waals surface area contributed by atoms with Gasteiger partial charge in [0, 0.05) is 25.2 Å². The van der Waals surface area contributed by atoms with Gasteiger partial charge in [0.1, 0.15) is 18.2 Å². The van der Waals surface area contributed by atoms with E-state index in [0.717, 1.165) is 30.0 Å². The van der Waals surface area contributed by atoms with E-state index in [4.69, 9.17) is 9.47 Å². The molecule has 0 saturated carbocycles.